The van der Waals surface area contributed by atoms with Gasteiger partial charge in [0.25, 0.3) is 11.8 Å². The molecule has 1 N–H and O–H groups in total. The third-order valence-corrected chi connectivity index (χ3v) is 4.07. The van der Waals surface area contributed by atoms with Crippen molar-refractivity contribution in [3.8, 4) is 5.75 Å². The van der Waals surface area contributed by atoms with Gasteiger partial charge >= 0.3 is 0 Å². The molecule has 0 aliphatic carbocycles. The van der Waals surface area contributed by atoms with E-state index in [9.17, 15) is 14.4 Å². The van der Waals surface area contributed by atoms with Crippen molar-refractivity contribution in [1.29, 1.82) is 0 Å². The fourth-order valence-corrected chi connectivity index (χ4v) is 2.56. The van der Waals surface area contributed by atoms with E-state index < -0.39 is 0 Å². The summed E-state index contributed by atoms with van der Waals surface area (Å²) < 4.78 is 5.41. The molecule has 0 aliphatic rings. The van der Waals surface area contributed by atoms with Crippen LogP contribution in [0.2, 0.25) is 5.02 Å². The Morgan fingerprint density at radius 2 is 1.74 bits per heavy atom. The first kappa shape index (κ1) is 20.5. The standard InChI is InChI=1S/C20H21ClN2O4/c1-4-18(24)13-5-8-15(9-6-13)27-12-19(25)22-14-7-10-16(17(21)11-14)20(26)23(2)3/h5-11H,4,12H2,1-3H3,(H,22,25). The van der Waals surface area contributed by atoms with Crippen molar-refractivity contribution in [3.63, 3.8) is 0 Å². The number of benzene rings is 2. The summed E-state index contributed by atoms with van der Waals surface area (Å²) in [5, 5.41) is 2.91. The van der Waals surface area contributed by atoms with Crippen LogP contribution in [0.5, 0.6) is 5.75 Å². The summed E-state index contributed by atoms with van der Waals surface area (Å²) in [6, 6.07) is 11.3. The van der Waals surface area contributed by atoms with Crippen LogP contribution in [0.15, 0.2) is 42.5 Å². The lowest BCUT2D eigenvalue weighted by Gasteiger charge is -2.13. The Labute approximate surface area is 163 Å². The predicted molar refractivity (Wildman–Crippen MR) is 105 cm³/mol. The summed E-state index contributed by atoms with van der Waals surface area (Å²) in [6.07, 6.45) is 0.435. The Morgan fingerprint density at radius 3 is 2.30 bits per heavy atom. The molecule has 0 heterocycles. The summed E-state index contributed by atoms with van der Waals surface area (Å²) in [4.78, 5) is 37.0. The number of nitrogens with one attached hydrogen (secondary N) is 1. The molecule has 27 heavy (non-hydrogen) atoms. The number of halogens is 1. The van der Waals surface area contributed by atoms with Gasteiger partial charge in [-0.05, 0) is 42.5 Å². The minimum atomic E-state index is -0.369. The van der Waals surface area contributed by atoms with Gasteiger partial charge in [0.15, 0.2) is 12.4 Å². The third-order valence-electron chi connectivity index (χ3n) is 3.76. The monoisotopic (exact) mass is 388 g/mol. The first-order chi connectivity index (χ1) is 12.8. The highest BCUT2D eigenvalue weighted by Crippen LogP contribution is 2.22. The lowest BCUT2D eigenvalue weighted by molar-refractivity contribution is -0.118. The average molecular weight is 389 g/mol. The molecule has 7 heteroatoms. The van der Waals surface area contributed by atoms with Crippen LogP contribution in [0.4, 0.5) is 5.69 Å². The van der Waals surface area contributed by atoms with E-state index >= 15 is 0 Å². The largest absolute Gasteiger partial charge is 0.484 e. The van der Waals surface area contributed by atoms with Gasteiger partial charge in [0.1, 0.15) is 5.75 Å². The molecule has 0 saturated carbocycles. The van der Waals surface area contributed by atoms with Crippen molar-refractivity contribution in [2.45, 2.75) is 13.3 Å². The van der Waals surface area contributed by atoms with E-state index in [-0.39, 0.29) is 29.2 Å². The Morgan fingerprint density at radius 1 is 1.07 bits per heavy atom. The molecule has 0 atom stereocenters. The molecule has 0 spiro atoms. The summed E-state index contributed by atoms with van der Waals surface area (Å²) in [7, 11) is 3.27. The van der Waals surface area contributed by atoms with Gasteiger partial charge < -0.3 is 15.0 Å². The fourth-order valence-electron chi connectivity index (χ4n) is 2.29. The number of ketones is 1. The number of amides is 2. The SMILES string of the molecule is CCC(=O)c1ccc(OCC(=O)Nc2ccc(C(=O)N(C)C)c(Cl)c2)cc1. The van der Waals surface area contributed by atoms with E-state index in [0.29, 0.717) is 29.0 Å². The van der Waals surface area contributed by atoms with Gasteiger partial charge in [0.05, 0.1) is 10.6 Å². The lowest BCUT2D eigenvalue weighted by atomic mass is 10.1. The van der Waals surface area contributed by atoms with Crippen molar-refractivity contribution in [1.82, 2.24) is 4.90 Å². The fraction of sp³-hybridized carbons (Fsp3) is 0.250. The molecule has 0 unspecified atom stereocenters. The van der Waals surface area contributed by atoms with E-state index in [4.69, 9.17) is 16.3 Å². The van der Waals surface area contributed by atoms with Crippen LogP contribution in [0.25, 0.3) is 0 Å². The van der Waals surface area contributed by atoms with E-state index in [1.807, 2.05) is 0 Å². The molecule has 0 bridgehead atoms. The summed E-state index contributed by atoms with van der Waals surface area (Å²) in [6.45, 7) is 1.60. The first-order valence-electron chi connectivity index (χ1n) is 8.39. The lowest BCUT2D eigenvalue weighted by Crippen LogP contribution is -2.22. The van der Waals surface area contributed by atoms with Crippen LogP contribution in [-0.4, -0.2) is 43.2 Å². The number of rotatable bonds is 7. The maximum atomic E-state index is 12.0. The van der Waals surface area contributed by atoms with Crippen molar-refractivity contribution in [2.24, 2.45) is 0 Å². The molecule has 0 aliphatic heterocycles. The Balaban J connectivity index is 1.93. The van der Waals surface area contributed by atoms with E-state index in [1.54, 1.807) is 57.4 Å². The van der Waals surface area contributed by atoms with Crippen LogP contribution in [0.1, 0.15) is 34.1 Å². The molecule has 0 saturated heterocycles. The summed E-state index contributed by atoms with van der Waals surface area (Å²) in [5.41, 5.74) is 1.43. The van der Waals surface area contributed by atoms with Crippen LogP contribution in [-0.2, 0) is 4.79 Å². The van der Waals surface area contributed by atoms with Gasteiger partial charge in [0.2, 0.25) is 0 Å². The second-order valence-corrected chi connectivity index (χ2v) is 6.44. The number of carbonyl (C=O) groups excluding carboxylic acids is 3. The highest BCUT2D eigenvalue weighted by molar-refractivity contribution is 6.34. The number of anilines is 1. The second-order valence-electron chi connectivity index (χ2n) is 6.03. The van der Waals surface area contributed by atoms with Gasteiger partial charge in [-0.15, -0.1) is 0 Å². The molecular formula is C20H21ClN2O4. The number of nitrogens with zero attached hydrogens (tertiary/aromatic N) is 1. The van der Waals surface area contributed by atoms with Gasteiger partial charge in [-0.25, -0.2) is 0 Å². The van der Waals surface area contributed by atoms with Gasteiger partial charge in [0, 0.05) is 31.8 Å². The summed E-state index contributed by atoms with van der Waals surface area (Å²) in [5.74, 6) is -0.0483. The average Bonchev–Trinajstić information content (AvgIpc) is 2.65. The molecule has 2 aromatic carbocycles. The van der Waals surface area contributed by atoms with Crippen molar-refractivity contribution >= 4 is 34.9 Å². The van der Waals surface area contributed by atoms with E-state index in [1.165, 1.54) is 11.0 Å². The molecule has 2 rings (SSSR count). The molecule has 2 aromatic rings. The molecule has 0 aromatic heterocycles. The molecule has 0 radical (unpaired) electrons. The topological polar surface area (TPSA) is 75.7 Å². The third kappa shape index (κ3) is 5.56. The smallest absolute Gasteiger partial charge is 0.262 e. The molecule has 142 valence electrons. The van der Waals surface area contributed by atoms with Crippen molar-refractivity contribution in [2.75, 3.05) is 26.0 Å². The minimum absolute atomic E-state index is 0.0485. The van der Waals surface area contributed by atoms with E-state index in [2.05, 4.69) is 5.32 Å². The van der Waals surface area contributed by atoms with Crippen LogP contribution in [0, 0.1) is 0 Å². The normalized spacial score (nSPS) is 10.2. The number of Topliss-reactive ketones (excluding diaryl/α,β-unsaturated/α-hetero) is 1. The Kier molecular flexibility index (Phi) is 6.96. The number of hydrogen-bond donors (Lipinski definition) is 1. The quantitative estimate of drug-likeness (QED) is 0.734. The van der Waals surface area contributed by atoms with Gasteiger partial charge in [-0.1, -0.05) is 18.5 Å². The number of hydrogen-bond acceptors (Lipinski definition) is 4. The van der Waals surface area contributed by atoms with Gasteiger partial charge in [-0.2, -0.15) is 0 Å². The van der Waals surface area contributed by atoms with Gasteiger partial charge in [-0.3, -0.25) is 14.4 Å². The highest BCUT2D eigenvalue weighted by atomic mass is 35.5. The maximum absolute atomic E-state index is 12.0. The maximum Gasteiger partial charge on any atom is 0.262 e. The molecule has 2 amide bonds. The zero-order valence-electron chi connectivity index (χ0n) is 15.4. The second kappa shape index (κ2) is 9.19. The Hall–Kier alpha value is -2.86. The molecule has 0 fully saturated rings. The highest BCUT2D eigenvalue weighted by Gasteiger charge is 2.13. The number of ether oxygens (including phenoxy) is 1. The summed E-state index contributed by atoms with van der Waals surface area (Å²) >= 11 is 6.12. The Bertz CT molecular complexity index is 848. The number of carbonyl (C=O) groups is 3. The van der Waals surface area contributed by atoms with E-state index in [0.717, 1.165) is 0 Å². The first-order valence-corrected chi connectivity index (χ1v) is 8.76. The van der Waals surface area contributed by atoms with Crippen LogP contribution in [0.3, 0.4) is 0 Å². The zero-order valence-corrected chi connectivity index (χ0v) is 16.2. The van der Waals surface area contributed by atoms with Crippen molar-refractivity contribution < 1.29 is 19.1 Å². The minimum Gasteiger partial charge on any atom is -0.484 e. The van der Waals surface area contributed by atoms with Crippen LogP contribution >= 0.6 is 11.6 Å². The predicted octanol–water partition coefficient (Wildman–Crippen LogP) is 3.65. The zero-order chi connectivity index (χ0) is 20.0. The molecular weight excluding hydrogens is 368 g/mol. The van der Waals surface area contributed by atoms with Crippen LogP contribution < -0.4 is 10.1 Å². The van der Waals surface area contributed by atoms with Crippen molar-refractivity contribution in [3.05, 3.63) is 58.6 Å². The molecule has 6 nitrogen and oxygen atoms in total.